The van der Waals surface area contributed by atoms with Crippen molar-refractivity contribution in [1.82, 2.24) is 10.2 Å². The zero-order valence-electron chi connectivity index (χ0n) is 18.3. The first-order valence-electron chi connectivity index (χ1n) is 10.6. The largest absolute Gasteiger partial charge is 0.444 e. The number of benzene rings is 1. The third-order valence-electron chi connectivity index (χ3n) is 5.08. The molecule has 2 rings (SSSR count). The molecule has 0 radical (unpaired) electrons. The Morgan fingerprint density at radius 1 is 1.17 bits per heavy atom. The van der Waals surface area contributed by atoms with Gasteiger partial charge in [-0.25, -0.2) is 4.79 Å². The number of amides is 2. The van der Waals surface area contributed by atoms with Gasteiger partial charge in [0.1, 0.15) is 5.60 Å². The van der Waals surface area contributed by atoms with Crippen molar-refractivity contribution in [3.8, 4) is 0 Å². The van der Waals surface area contributed by atoms with Gasteiger partial charge in [-0.2, -0.15) is 0 Å². The lowest BCUT2D eigenvalue weighted by molar-refractivity contribution is 0.0177. The van der Waals surface area contributed by atoms with Gasteiger partial charge in [0.05, 0.1) is 0 Å². The zero-order valence-corrected chi connectivity index (χ0v) is 19.1. The first-order chi connectivity index (χ1) is 13.5. The molecule has 0 bridgehead atoms. The summed E-state index contributed by atoms with van der Waals surface area (Å²) < 4.78 is 5.48. The zero-order chi connectivity index (χ0) is 21.6. The monoisotopic (exact) mass is 422 g/mol. The summed E-state index contributed by atoms with van der Waals surface area (Å²) in [5.41, 5.74) is 0.158. The average molecular weight is 423 g/mol. The van der Waals surface area contributed by atoms with Gasteiger partial charge in [-0.1, -0.05) is 25.4 Å². The van der Waals surface area contributed by atoms with Gasteiger partial charge in [0.25, 0.3) is 5.91 Å². The Morgan fingerprint density at radius 3 is 2.28 bits per heavy atom. The number of rotatable bonds is 6. The summed E-state index contributed by atoms with van der Waals surface area (Å²) in [6, 6.07) is 7.10. The first kappa shape index (κ1) is 23.5. The molecule has 1 aliphatic heterocycles. The van der Waals surface area contributed by atoms with Crippen molar-refractivity contribution in [3.05, 3.63) is 34.9 Å². The second-order valence-electron chi connectivity index (χ2n) is 9.45. The van der Waals surface area contributed by atoms with Crippen LogP contribution in [-0.4, -0.2) is 41.6 Å². The van der Waals surface area contributed by atoms with Crippen LogP contribution < -0.4 is 5.32 Å². The maximum atomic E-state index is 12.6. The second kappa shape index (κ2) is 10.3. The molecule has 1 fully saturated rings. The van der Waals surface area contributed by atoms with Crippen molar-refractivity contribution in [2.24, 2.45) is 11.8 Å². The Bertz CT molecular complexity index is 674. The highest BCUT2D eigenvalue weighted by atomic mass is 35.5. The fourth-order valence-electron chi connectivity index (χ4n) is 3.73. The number of carbonyl (C=O) groups is 2. The number of nitrogens with zero attached hydrogens (tertiary/aromatic N) is 1. The van der Waals surface area contributed by atoms with E-state index in [9.17, 15) is 9.59 Å². The van der Waals surface area contributed by atoms with E-state index in [0.717, 1.165) is 25.7 Å². The van der Waals surface area contributed by atoms with E-state index in [1.807, 2.05) is 20.8 Å². The van der Waals surface area contributed by atoms with Crippen molar-refractivity contribution in [2.75, 3.05) is 13.1 Å². The van der Waals surface area contributed by atoms with Gasteiger partial charge in [0, 0.05) is 29.7 Å². The molecule has 29 heavy (non-hydrogen) atoms. The minimum Gasteiger partial charge on any atom is -0.444 e. The summed E-state index contributed by atoms with van der Waals surface area (Å²) in [6.07, 6.45) is 3.51. The maximum absolute atomic E-state index is 12.6. The lowest BCUT2D eigenvalue weighted by Crippen LogP contribution is -2.43. The van der Waals surface area contributed by atoms with E-state index >= 15 is 0 Å². The van der Waals surface area contributed by atoms with Crippen LogP contribution in [0.4, 0.5) is 4.79 Å². The lowest BCUT2D eigenvalue weighted by atomic mass is 9.87. The van der Waals surface area contributed by atoms with E-state index in [1.54, 1.807) is 29.2 Å². The number of nitrogens with one attached hydrogen (secondary N) is 1. The summed E-state index contributed by atoms with van der Waals surface area (Å²) in [5, 5.41) is 3.83. The minimum atomic E-state index is -0.470. The molecule has 1 heterocycles. The highest BCUT2D eigenvalue weighted by molar-refractivity contribution is 6.30. The van der Waals surface area contributed by atoms with E-state index < -0.39 is 5.60 Å². The van der Waals surface area contributed by atoms with E-state index in [4.69, 9.17) is 16.3 Å². The van der Waals surface area contributed by atoms with E-state index in [2.05, 4.69) is 19.2 Å². The number of piperidine rings is 1. The van der Waals surface area contributed by atoms with Crippen LogP contribution in [0.5, 0.6) is 0 Å². The molecular weight excluding hydrogens is 388 g/mol. The van der Waals surface area contributed by atoms with Gasteiger partial charge < -0.3 is 15.0 Å². The molecule has 162 valence electrons. The Hall–Kier alpha value is -1.75. The van der Waals surface area contributed by atoms with E-state index in [0.29, 0.717) is 35.5 Å². The number of halogens is 1. The molecule has 1 aromatic rings. The number of carbonyl (C=O) groups excluding carboxylic acids is 2. The van der Waals surface area contributed by atoms with Crippen molar-refractivity contribution >= 4 is 23.6 Å². The van der Waals surface area contributed by atoms with Crippen LogP contribution in [0.25, 0.3) is 0 Å². The maximum Gasteiger partial charge on any atom is 0.410 e. The van der Waals surface area contributed by atoms with Gasteiger partial charge in [-0.15, -0.1) is 0 Å². The smallest absolute Gasteiger partial charge is 0.410 e. The molecule has 0 aromatic heterocycles. The molecule has 1 saturated heterocycles. The summed E-state index contributed by atoms with van der Waals surface area (Å²) in [4.78, 5) is 26.7. The van der Waals surface area contributed by atoms with Crippen molar-refractivity contribution in [2.45, 2.75) is 71.9 Å². The number of ether oxygens (including phenoxy) is 1. The third kappa shape index (κ3) is 8.25. The molecule has 5 nitrogen and oxygen atoms in total. The van der Waals surface area contributed by atoms with Crippen LogP contribution in [-0.2, 0) is 4.74 Å². The Kier molecular flexibility index (Phi) is 8.38. The molecule has 1 unspecified atom stereocenters. The van der Waals surface area contributed by atoms with Gasteiger partial charge in [-0.05, 0) is 82.6 Å². The average Bonchev–Trinajstić information content (AvgIpc) is 2.60. The fraction of sp³-hybridized carbons (Fsp3) is 0.652. The molecule has 1 aliphatic rings. The van der Waals surface area contributed by atoms with Gasteiger partial charge in [0.15, 0.2) is 0 Å². The second-order valence-corrected chi connectivity index (χ2v) is 9.89. The van der Waals surface area contributed by atoms with Crippen molar-refractivity contribution in [3.63, 3.8) is 0 Å². The summed E-state index contributed by atoms with van der Waals surface area (Å²) in [5.74, 6) is 0.925. The van der Waals surface area contributed by atoms with E-state index in [1.165, 1.54) is 0 Å². The van der Waals surface area contributed by atoms with Crippen LogP contribution in [0.15, 0.2) is 24.3 Å². The number of hydrogen-bond donors (Lipinski definition) is 1. The van der Waals surface area contributed by atoms with Crippen molar-refractivity contribution < 1.29 is 14.3 Å². The lowest BCUT2D eigenvalue weighted by Gasteiger charge is -2.35. The fourth-order valence-corrected chi connectivity index (χ4v) is 3.86. The molecule has 0 saturated carbocycles. The molecule has 1 atom stereocenters. The summed E-state index contributed by atoms with van der Waals surface area (Å²) in [6.45, 7) is 11.4. The highest BCUT2D eigenvalue weighted by Gasteiger charge is 2.28. The molecule has 0 aliphatic carbocycles. The molecule has 2 amide bonds. The van der Waals surface area contributed by atoms with Crippen LogP contribution >= 0.6 is 11.6 Å². The topological polar surface area (TPSA) is 58.6 Å². The number of hydrogen-bond acceptors (Lipinski definition) is 3. The normalized spacial score (nSPS) is 16.6. The van der Waals surface area contributed by atoms with Crippen LogP contribution in [0.2, 0.25) is 5.02 Å². The highest BCUT2D eigenvalue weighted by Crippen LogP contribution is 2.25. The van der Waals surface area contributed by atoms with Gasteiger partial charge in [0.2, 0.25) is 0 Å². The quantitative estimate of drug-likeness (QED) is 0.656. The van der Waals surface area contributed by atoms with E-state index in [-0.39, 0.29) is 18.0 Å². The standard InChI is InChI=1S/C23H35ClN2O3/c1-16(2)14-20(25-21(27)18-6-8-19(24)9-7-18)15-17-10-12-26(13-11-17)22(28)29-23(3,4)5/h6-9,16-17,20H,10-15H2,1-5H3,(H,25,27). The predicted octanol–water partition coefficient (Wildman–Crippen LogP) is 5.52. The molecule has 1 N–H and O–H groups in total. The Balaban J connectivity index is 1.89. The Morgan fingerprint density at radius 2 is 1.76 bits per heavy atom. The van der Waals surface area contributed by atoms with Crippen LogP contribution in [0, 0.1) is 11.8 Å². The first-order valence-corrected chi connectivity index (χ1v) is 11.0. The third-order valence-corrected chi connectivity index (χ3v) is 5.33. The van der Waals surface area contributed by atoms with Crippen LogP contribution in [0.3, 0.4) is 0 Å². The Labute approximate surface area is 180 Å². The molecule has 1 aromatic carbocycles. The summed E-state index contributed by atoms with van der Waals surface area (Å²) in [7, 11) is 0. The minimum absolute atomic E-state index is 0.0569. The predicted molar refractivity (Wildman–Crippen MR) is 117 cm³/mol. The van der Waals surface area contributed by atoms with Crippen molar-refractivity contribution in [1.29, 1.82) is 0 Å². The summed E-state index contributed by atoms with van der Waals surface area (Å²) >= 11 is 5.92. The van der Waals surface area contributed by atoms with Gasteiger partial charge in [-0.3, -0.25) is 4.79 Å². The molecule has 6 heteroatoms. The van der Waals surface area contributed by atoms with Crippen LogP contribution in [0.1, 0.15) is 70.7 Å². The van der Waals surface area contributed by atoms with Gasteiger partial charge >= 0.3 is 6.09 Å². The number of likely N-dealkylation sites (tertiary alicyclic amines) is 1. The molecular formula is C23H35ClN2O3. The SMILES string of the molecule is CC(C)CC(CC1CCN(C(=O)OC(C)(C)C)CC1)NC(=O)c1ccc(Cl)cc1. The molecule has 0 spiro atoms.